The number of rotatable bonds is 6. The number of amides is 1. The lowest BCUT2D eigenvalue weighted by Crippen LogP contribution is -2.32. The minimum Gasteiger partial charge on any atom is -0.343 e. The molecule has 1 amide bonds. The maximum atomic E-state index is 12.1. The Bertz CT molecular complexity index is 274. The first-order chi connectivity index (χ1) is 9.29. The summed E-state index contributed by atoms with van der Waals surface area (Å²) < 4.78 is 0. The predicted octanol–water partition coefficient (Wildman–Crippen LogP) is 2.95. The molecule has 0 saturated carbocycles. The van der Waals surface area contributed by atoms with Crippen molar-refractivity contribution >= 4 is 5.91 Å². The van der Waals surface area contributed by atoms with Crippen molar-refractivity contribution in [3.05, 3.63) is 0 Å². The lowest BCUT2D eigenvalue weighted by atomic mass is 9.96. The molecule has 2 aliphatic rings. The van der Waals surface area contributed by atoms with E-state index in [1.807, 2.05) is 0 Å². The smallest absolute Gasteiger partial charge is 0.222 e. The summed E-state index contributed by atoms with van der Waals surface area (Å²) in [7, 11) is 0. The highest BCUT2D eigenvalue weighted by atomic mass is 16.2. The van der Waals surface area contributed by atoms with Gasteiger partial charge in [-0.15, -0.1) is 0 Å². The molecule has 2 saturated heterocycles. The largest absolute Gasteiger partial charge is 0.343 e. The molecule has 0 aromatic heterocycles. The maximum Gasteiger partial charge on any atom is 0.222 e. The quantitative estimate of drug-likeness (QED) is 0.801. The third-order valence-electron chi connectivity index (χ3n) is 4.77. The van der Waals surface area contributed by atoms with Gasteiger partial charge in [-0.1, -0.05) is 19.8 Å². The van der Waals surface area contributed by atoms with Crippen LogP contribution in [0.3, 0.4) is 0 Å². The molecule has 2 rings (SSSR count). The molecule has 2 fully saturated rings. The second kappa shape index (κ2) is 7.88. The molecule has 2 heterocycles. The summed E-state index contributed by atoms with van der Waals surface area (Å²) in [6.45, 7) is 5.42. The van der Waals surface area contributed by atoms with Gasteiger partial charge in [0.1, 0.15) is 0 Å². The van der Waals surface area contributed by atoms with E-state index in [9.17, 15) is 4.79 Å². The lowest BCUT2D eigenvalue weighted by Gasteiger charge is -2.21. The summed E-state index contributed by atoms with van der Waals surface area (Å²) in [5.41, 5.74) is 0. The zero-order valence-electron chi connectivity index (χ0n) is 12.5. The monoisotopic (exact) mass is 266 g/mol. The molecule has 3 heteroatoms. The molecule has 110 valence electrons. The van der Waals surface area contributed by atoms with Gasteiger partial charge >= 0.3 is 0 Å². The zero-order valence-corrected chi connectivity index (χ0v) is 12.5. The van der Waals surface area contributed by atoms with Crippen LogP contribution in [0.4, 0.5) is 0 Å². The fourth-order valence-corrected chi connectivity index (χ4v) is 3.56. The van der Waals surface area contributed by atoms with Gasteiger partial charge in [0.15, 0.2) is 0 Å². The van der Waals surface area contributed by atoms with Crippen molar-refractivity contribution in [2.24, 2.45) is 5.92 Å². The van der Waals surface area contributed by atoms with Crippen LogP contribution >= 0.6 is 0 Å². The molecular weight excluding hydrogens is 236 g/mol. The van der Waals surface area contributed by atoms with Crippen LogP contribution in [-0.4, -0.2) is 36.5 Å². The standard InChI is InChI=1S/C16H30N2O/c1-2-5-14-8-9-16(19)18(13-10-14)12-4-7-15-6-3-11-17-15/h14-15,17H,2-13H2,1H3. The first-order valence-corrected chi connectivity index (χ1v) is 8.30. The number of hydrogen-bond acceptors (Lipinski definition) is 2. The summed E-state index contributed by atoms with van der Waals surface area (Å²) >= 11 is 0. The van der Waals surface area contributed by atoms with Crippen LogP contribution < -0.4 is 5.32 Å². The van der Waals surface area contributed by atoms with Gasteiger partial charge in [0, 0.05) is 25.6 Å². The number of nitrogens with one attached hydrogen (secondary N) is 1. The van der Waals surface area contributed by atoms with E-state index >= 15 is 0 Å². The number of likely N-dealkylation sites (tertiary alicyclic amines) is 1. The molecule has 19 heavy (non-hydrogen) atoms. The Morgan fingerprint density at radius 3 is 2.89 bits per heavy atom. The van der Waals surface area contributed by atoms with Crippen LogP contribution in [-0.2, 0) is 4.79 Å². The molecule has 1 N–H and O–H groups in total. The second-order valence-electron chi connectivity index (χ2n) is 6.30. The molecule has 3 nitrogen and oxygen atoms in total. The second-order valence-corrected chi connectivity index (χ2v) is 6.30. The molecule has 2 atom stereocenters. The number of nitrogens with zero attached hydrogens (tertiary/aromatic N) is 1. The van der Waals surface area contributed by atoms with Gasteiger partial charge in [0.05, 0.1) is 0 Å². The van der Waals surface area contributed by atoms with E-state index in [1.165, 1.54) is 51.5 Å². The summed E-state index contributed by atoms with van der Waals surface area (Å²) in [5.74, 6) is 1.19. The van der Waals surface area contributed by atoms with Crippen LogP contribution in [0, 0.1) is 5.92 Å². The Balaban J connectivity index is 1.68. The molecular formula is C16H30N2O. The molecule has 0 radical (unpaired) electrons. The van der Waals surface area contributed by atoms with E-state index in [4.69, 9.17) is 0 Å². The van der Waals surface area contributed by atoms with E-state index < -0.39 is 0 Å². The van der Waals surface area contributed by atoms with E-state index in [0.717, 1.165) is 37.9 Å². The maximum absolute atomic E-state index is 12.1. The summed E-state index contributed by atoms with van der Waals surface area (Å²) in [5, 5.41) is 3.54. The Labute approximate surface area is 118 Å². The number of carbonyl (C=O) groups is 1. The third kappa shape index (κ3) is 4.79. The summed E-state index contributed by atoms with van der Waals surface area (Å²) in [6.07, 6.45) is 10.7. The van der Waals surface area contributed by atoms with Crippen molar-refractivity contribution in [3.8, 4) is 0 Å². The Morgan fingerprint density at radius 2 is 2.16 bits per heavy atom. The molecule has 2 unspecified atom stereocenters. The highest BCUT2D eigenvalue weighted by Gasteiger charge is 2.22. The van der Waals surface area contributed by atoms with Crippen molar-refractivity contribution < 1.29 is 4.79 Å². The van der Waals surface area contributed by atoms with Crippen LogP contribution in [0.25, 0.3) is 0 Å². The van der Waals surface area contributed by atoms with E-state index in [1.54, 1.807) is 0 Å². The Morgan fingerprint density at radius 1 is 1.26 bits per heavy atom. The first kappa shape index (κ1) is 14.8. The van der Waals surface area contributed by atoms with Gasteiger partial charge < -0.3 is 10.2 Å². The predicted molar refractivity (Wildman–Crippen MR) is 79.1 cm³/mol. The zero-order chi connectivity index (χ0) is 13.5. The number of hydrogen-bond donors (Lipinski definition) is 1. The topological polar surface area (TPSA) is 32.3 Å². The average Bonchev–Trinajstić information content (AvgIpc) is 2.86. The van der Waals surface area contributed by atoms with Crippen LogP contribution in [0.2, 0.25) is 0 Å². The van der Waals surface area contributed by atoms with Gasteiger partial charge in [0.2, 0.25) is 5.91 Å². The van der Waals surface area contributed by atoms with Crippen molar-refractivity contribution in [3.63, 3.8) is 0 Å². The molecule has 0 aromatic rings. The molecule has 0 aliphatic carbocycles. The van der Waals surface area contributed by atoms with Gasteiger partial charge in [-0.05, 0) is 51.0 Å². The van der Waals surface area contributed by atoms with Gasteiger partial charge in [-0.2, -0.15) is 0 Å². The number of carbonyl (C=O) groups excluding carboxylic acids is 1. The SMILES string of the molecule is CCCC1CCC(=O)N(CCCC2CCCN2)CC1. The van der Waals surface area contributed by atoms with E-state index in [2.05, 4.69) is 17.1 Å². The summed E-state index contributed by atoms with van der Waals surface area (Å²) in [6, 6.07) is 0.718. The molecule has 0 aromatic carbocycles. The van der Waals surface area contributed by atoms with Gasteiger partial charge in [0.25, 0.3) is 0 Å². The van der Waals surface area contributed by atoms with Crippen LogP contribution in [0.1, 0.15) is 64.7 Å². The highest BCUT2D eigenvalue weighted by Crippen LogP contribution is 2.23. The normalized spacial score (nSPS) is 28.7. The fraction of sp³-hybridized carbons (Fsp3) is 0.938. The summed E-state index contributed by atoms with van der Waals surface area (Å²) in [4.78, 5) is 14.2. The van der Waals surface area contributed by atoms with Gasteiger partial charge in [-0.3, -0.25) is 4.79 Å². The third-order valence-corrected chi connectivity index (χ3v) is 4.77. The average molecular weight is 266 g/mol. The molecule has 2 aliphatic heterocycles. The molecule has 0 spiro atoms. The fourth-order valence-electron chi connectivity index (χ4n) is 3.56. The highest BCUT2D eigenvalue weighted by molar-refractivity contribution is 5.76. The minimum absolute atomic E-state index is 0.401. The van der Waals surface area contributed by atoms with Crippen molar-refractivity contribution in [2.45, 2.75) is 70.8 Å². The van der Waals surface area contributed by atoms with Crippen molar-refractivity contribution in [1.82, 2.24) is 10.2 Å². The van der Waals surface area contributed by atoms with E-state index in [-0.39, 0.29) is 0 Å². The van der Waals surface area contributed by atoms with Gasteiger partial charge in [-0.25, -0.2) is 0 Å². The lowest BCUT2D eigenvalue weighted by molar-refractivity contribution is -0.130. The Hall–Kier alpha value is -0.570. The van der Waals surface area contributed by atoms with Crippen LogP contribution in [0.5, 0.6) is 0 Å². The first-order valence-electron chi connectivity index (χ1n) is 8.30. The minimum atomic E-state index is 0.401. The van der Waals surface area contributed by atoms with Crippen molar-refractivity contribution in [1.29, 1.82) is 0 Å². The molecule has 0 bridgehead atoms. The van der Waals surface area contributed by atoms with Crippen LogP contribution in [0.15, 0.2) is 0 Å². The van der Waals surface area contributed by atoms with Crippen molar-refractivity contribution in [2.75, 3.05) is 19.6 Å². The van der Waals surface area contributed by atoms with E-state index in [0.29, 0.717) is 5.91 Å². The Kier molecular flexibility index (Phi) is 6.15.